The van der Waals surface area contributed by atoms with Crippen LogP contribution >= 0.6 is 0 Å². The van der Waals surface area contributed by atoms with Crippen LogP contribution in [-0.4, -0.2) is 34.7 Å². The molecule has 6 nitrogen and oxygen atoms in total. The molecule has 1 aliphatic heterocycles. The van der Waals surface area contributed by atoms with Crippen LogP contribution < -0.4 is 4.90 Å². The Labute approximate surface area is 92.7 Å². The van der Waals surface area contributed by atoms with Crippen molar-refractivity contribution in [3.05, 3.63) is 28.4 Å². The Morgan fingerprint density at radius 1 is 1.69 bits per heavy atom. The summed E-state index contributed by atoms with van der Waals surface area (Å²) in [5.41, 5.74) is 0.0288. The topological polar surface area (TPSA) is 79.5 Å². The average Bonchev–Trinajstić information content (AvgIpc) is 2.77. The van der Waals surface area contributed by atoms with E-state index in [2.05, 4.69) is 4.98 Å². The van der Waals surface area contributed by atoms with Gasteiger partial charge >= 0.3 is 5.69 Å². The van der Waals surface area contributed by atoms with Crippen molar-refractivity contribution in [2.24, 2.45) is 5.92 Å². The van der Waals surface area contributed by atoms with E-state index >= 15 is 0 Å². The summed E-state index contributed by atoms with van der Waals surface area (Å²) >= 11 is 0. The quantitative estimate of drug-likeness (QED) is 0.605. The van der Waals surface area contributed by atoms with Gasteiger partial charge in [-0.25, -0.2) is 4.98 Å². The lowest BCUT2D eigenvalue weighted by molar-refractivity contribution is -0.384. The first kappa shape index (κ1) is 10.8. The Balaban J connectivity index is 2.24. The van der Waals surface area contributed by atoms with Crippen molar-refractivity contribution in [1.29, 1.82) is 0 Å². The molecule has 1 aromatic rings. The van der Waals surface area contributed by atoms with E-state index in [0.29, 0.717) is 18.9 Å². The highest BCUT2D eigenvalue weighted by molar-refractivity contribution is 5.57. The largest absolute Gasteiger partial charge is 0.396 e. The average molecular weight is 223 g/mol. The van der Waals surface area contributed by atoms with Gasteiger partial charge in [-0.15, -0.1) is 0 Å². The van der Waals surface area contributed by atoms with E-state index in [1.165, 1.54) is 6.07 Å². The maximum atomic E-state index is 10.8. The van der Waals surface area contributed by atoms with E-state index in [-0.39, 0.29) is 18.2 Å². The number of hydrogen-bond acceptors (Lipinski definition) is 5. The van der Waals surface area contributed by atoms with Gasteiger partial charge in [-0.1, -0.05) is 0 Å². The molecule has 0 aliphatic carbocycles. The van der Waals surface area contributed by atoms with Crippen LogP contribution in [0.3, 0.4) is 0 Å². The summed E-state index contributed by atoms with van der Waals surface area (Å²) in [5, 5.41) is 19.8. The second-order valence-corrected chi connectivity index (χ2v) is 3.89. The highest BCUT2D eigenvalue weighted by Crippen LogP contribution is 2.29. The first-order valence-electron chi connectivity index (χ1n) is 5.17. The minimum Gasteiger partial charge on any atom is -0.396 e. The van der Waals surface area contributed by atoms with Crippen LogP contribution in [0.15, 0.2) is 18.3 Å². The number of aromatic nitrogens is 1. The molecule has 1 N–H and O–H groups in total. The zero-order chi connectivity index (χ0) is 11.5. The first-order valence-corrected chi connectivity index (χ1v) is 5.17. The van der Waals surface area contributed by atoms with Gasteiger partial charge in [0.05, 0.1) is 4.92 Å². The molecule has 1 atom stereocenters. The summed E-state index contributed by atoms with van der Waals surface area (Å²) in [7, 11) is 0. The van der Waals surface area contributed by atoms with Gasteiger partial charge in [0.25, 0.3) is 0 Å². The molecular formula is C10H13N3O3. The highest BCUT2D eigenvalue weighted by Gasteiger charge is 2.27. The van der Waals surface area contributed by atoms with Gasteiger partial charge in [-0.3, -0.25) is 10.1 Å². The highest BCUT2D eigenvalue weighted by atomic mass is 16.6. The molecule has 0 bridgehead atoms. The molecule has 2 heterocycles. The maximum absolute atomic E-state index is 10.8. The minimum atomic E-state index is -0.422. The van der Waals surface area contributed by atoms with Crippen molar-refractivity contribution in [3.63, 3.8) is 0 Å². The van der Waals surface area contributed by atoms with Crippen molar-refractivity contribution in [2.45, 2.75) is 6.42 Å². The SMILES string of the molecule is O=[N+]([O-])c1cccnc1N1CC[C@@H](CO)C1. The molecule has 0 radical (unpaired) electrons. The zero-order valence-corrected chi connectivity index (χ0v) is 8.74. The third kappa shape index (κ3) is 1.96. The number of nitro groups is 1. The monoisotopic (exact) mass is 223 g/mol. The first-order chi connectivity index (χ1) is 7.72. The van der Waals surface area contributed by atoms with Crippen molar-refractivity contribution in [2.75, 3.05) is 24.6 Å². The molecule has 86 valence electrons. The Kier molecular flexibility index (Phi) is 3.00. The molecule has 2 rings (SSSR count). The molecule has 0 saturated carbocycles. The number of aliphatic hydroxyl groups is 1. The Morgan fingerprint density at radius 2 is 2.50 bits per heavy atom. The fraction of sp³-hybridized carbons (Fsp3) is 0.500. The van der Waals surface area contributed by atoms with Crippen molar-refractivity contribution in [1.82, 2.24) is 4.98 Å². The molecule has 1 aliphatic rings. The summed E-state index contributed by atoms with van der Waals surface area (Å²) in [6.45, 7) is 1.47. The van der Waals surface area contributed by atoms with E-state index in [0.717, 1.165) is 6.42 Å². The van der Waals surface area contributed by atoms with Crippen molar-refractivity contribution < 1.29 is 10.0 Å². The molecule has 6 heteroatoms. The van der Waals surface area contributed by atoms with Gasteiger partial charge < -0.3 is 10.0 Å². The lowest BCUT2D eigenvalue weighted by atomic mass is 10.1. The smallest absolute Gasteiger partial charge is 0.311 e. The number of nitrogens with zero attached hydrogens (tertiary/aromatic N) is 3. The summed E-state index contributed by atoms with van der Waals surface area (Å²) < 4.78 is 0. The van der Waals surface area contributed by atoms with Crippen LogP contribution in [0, 0.1) is 16.0 Å². The van der Waals surface area contributed by atoms with E-state index in [9.17, 15) is 10.1 Å². The molecule has 1 saturated heterocycles. The van der Waals surface area contributed by atoms with Crippen molar-refractivity contribution in [3.8, 4) is 0 Å². The molecule has 0 spiro atoms. The lowest BCUT2D eigenvalue weighted by Gasteiger charge is -2.16. The normalized spacial score (nSPS) is 20.1. The summed E-state index contributed by atoms with van der Waals surface area (Å²) in [6, 6.07) is 3.01. The minimum absolute atomic E-state index is 0.0288. The molecule has 16 heavy (non-hydrogen) atoms. The standard InChI is InChI=1S/C10H13N3O3/c14-7-8-3-5-12(6-8)10-9(13(15)16)2-1-4-11-10/h1-2,4,8,14H,3,5-7H2/t8-/m1/s1. The van der Waals surface area contributed by atoms with Gasteiger partial charge in [-0.2, -0.15) is 0 Å². The fourth-order valence-electron chi connectivity index (χ4n) is 1.95. The number of hydrogen-bond donors (Lipinski definition) is 1. The lowest BCUT2D eigenvalue weighted by Crippen LogP contribution is -2.22. The third-order valence-corrected chi connectivity index (χ3v) is 2.81. The van der Waals surface area contributed by atoms with E-state index in [4.69, 9.17) is 5.11 Å². The molecule has 1 aromatic heterocycles. The predicted molar refractivity (Wildman–Crippen MR) is 58.3 cm³/mol. The number of anilines is 1. The summed E-state index contributed by atoms with van der Waals surface area (Å²) in [4.78, 5) is 16.3. The summed E-state index contributed by atoms with van der Waals surface area (Å²) in [6.07, 6.45) is 2.40. The van der Waals surface area contributed by atoms with Gasteiger partial charge in [-0.05, 0) is 12.5 Å². The molecule has 0 unspecified atom stereocenters. The fourth-order valence-corrected chi connectivity index (χ4v) is 1.95. The van der Waals surface area contributed by atoms with Gasteiger partial charge in [0, 0.05) is 37.9 Å². The predicted octanol–water partition coefficient (Wildman–Crippen LogP) is 0.808. The number of aliphatic hydroxyl groups excluding tert-OH is 1. The zero-order valence-electron chi connectivity index (χ0n) is 8.74. The molecule has 0 amide bonds. The number of rotatable bonds is 3. The number of pyridine rings is 1. The Morgan fingerprint density at radius 3 is 3.12 bits per heavy atom. The molecule has 0 aromatic carbocycles. The van der Waals surface area contributed by atoms with Crippen molar-refractivity contribution >= 4 is 11.5 Å². The van der Waals surface area contributed by atoms with Crippen LogP contribution in [-0.2, 0) is 0 Å². The van der Waals surface area contributed by atoms with Crippen LogP contribution in [0.4, 0.5) is 11.5 Å². The van der Waals surface area contributed by atoms with E-state index in [1.807, 2.05) is 4.90 Å². The molecular weight excluding hydrogens is 210 g/mol. The van der Waals surface area contributed by atoms with Crippen LogP contribution in [0.1, 0.15) is 6.42 Å². The Bertz CT molecular complexity index is 397. The van der Waals surface area contributed by atoms with Crippen LogP contribution in [0.25, 0.3) is 0 Å². The van der Waals surface area contributed by atoms with Crippen LogP contribution in [0.5, 0.6) is 0 Å². The van der Waals surface area contributed by atoms with Gasteiger partial charge in [0.15, 0.2) is 0 Å². The van der Waals surface area contributed by atoms with E-state index < -0.39 is 4.92 Å². The maximum Gasteiger partial charge on any atom is 0.311 e. The van der Waals surface area contributed by atoms with Gasteiger partial charge in [0.1, 0.15) is 0 Å². The van der Waals surface area contributed by atoms with E-state index in [1.54, 1.807) is 12.3 Å². The second kappa shape index (κ2) is 4.44. The van der Waals surface area contributed by atoms with Crippen LogP contribution in [0.2, 0.25) is 0 Å². The molecule has 1 fully saturated rings. The summed E-state index contributed by atoms with van der Waals surface area (Å²) in [5.74, 6) is 0.602. The second-order valence-electron chi connectivity index (χ2n) is 3.89. The Hall–Kier alpha value is -1.69. The third-order valence-electron chi connectivity index (χ3n) is 2.81. The van der Waals surface area contributed by atoms with Gasteiger partial charge in [0.2, 0.25) is 5.82 Å².